The fraction of sp³-hybridized carbons (Fsp3) is 0.217. The van der Waals surface area contributed by atoms with Crippen LogP contribution in [-0.2, 0) is 13.0 Å². The zero-order valence-corrected chi connectivity index (χ0v) is 15.2. The fourth-order valence-electron chi connectivity index (χ4n) is 2.60. The van der Waals surface area contributed by atoms with Crippen LogP contribution in [0.5, 0.6) is 11.5 Å². The molecule has 26 heavy (non-hydrogen) atoms. The van der Waals surface area contributed by atoms with E-state index in [1.807, 2.05) is 54.6 Å². The maximum atomic E-state index is 5.80. The fourth-order valence-corrected chi connectivity index (χ4v) is 2.60. The number of nitrogens with one attached hydrogen (secondary N) is 1. The van der Waals surface area contributed by atoms with Crippen molar-refractivity contribution in [2.24, 2.45) is 0 Å². The first kappa shape index (κ1) is 17.9. The zero-order chi connectivity index (χ0) is 18.0. The third-order valence-corrected chi connectivity index (χ3v) is 4.13. The standard InChI is InChI=1S/C23H25NO2/c1-2-19-8-12-22(13-9-19)25-17-16-24-21-10-14-23(15-11-21)26-18-20-6-4-3-5-7-20/h3-15,24H,2,16-18H2,1H3. The first-order valence-electron chi connectivity index (χ1n) is 9.06. The molecule has 3 aromatic carbocycles. The molecule has 0 aliphatic rings. The molecule has 3 rings (SSSR count). The molecule has 0 radical (unpaired) electrons. The highest BCUT2D eigenvalue weighted by Gasteiger charge is 1.98. The Bertz CT molecular complexity index is 768. The van der Waals surface area contributed by atoms with Gasteiger partial charge < -0.3 is 14.8 Å². The number of ether oxygens (including phenoxy) is 2. The van der Waals surface area contributed by atoms with E-state index in [2.05, 4.69) is 36.5 Å². The first-order chi connectivity index (χ1) is 12.8. The largest absolute Gasteiger partial charge is 0.492 e. The molecule has 0 spiro atoms. The number of rotatable bonds is 9. The average Bonchev–Trinajstić information content (AvgIpc) is 2.72. The van der Waals surface area contributed by atoms with Gasteiger partial charge in [0.15, 0.2) is 0 Å². The monoisotopic (exact) mass is 347 g/mol. The summed E-state index contributed by atoms with van der Waals surface area (Å²) in [5, 5.41) is 3.36. The minimum atomic E-state index is 0.582. The van der Waals surface area contributed by atoms with Crippen LogP contribution in [0, 0.1) is 0 Å². The van der Waals surface area contributed by atoms with Crippen molar-refractivity contribution in [1.82, 2.24) is 0 Å². The molecule has 134 valence electrons. The summed E-state index contributed by atoms with van der Waals surface area (Å²) in [7, 11) is 0. The van der Waals surface area contributed by atoms with Crippen molar-refractivity contribution < 1.29 is 9.47 Å². The maximum Gasteiger partial charge on any atom is 0.119 e. The van der Waals surface area contributed by atoms with Crippen molar-refractivity contribution in [3.63, 3.8) is 0 Å². The molecule has 0 atom stereocenters. The lowest BCUT2D eigenvalue weighted by atomic mass is 10.2. The first-order valence-corrected chi connectivity index (χ1v) is 9.06. The van der Waals surface area contributed by atoms with Gasteiger partial charge in [-0.2, -0.15) is 0 Å². The van der Waals surface area contributed by atoms with Crippen molar-refractivity contribution in [3.8, 4) is 11.5 Å². The summed E-state index contributed by atoms with van der Waals surface area (Å²) in [5.41, 5.74) is 3.55. The van der Waals surface area contributed by atoms with Gasteiger partial charge in [0.05, 0.1) is 0 Å². The minimum Gasteiger partial charge on any atom is -0.492 e. The van der Waals surface area contributed by atoms with Crippen molar-refractivity contribution in [2.45, 2.75) is 20.0 Å². The molecule has 0 saturated heterocycles. The molecule has 0 fully saturated rings. The number of hydrogen-bond acceptors (Lipinski definition) is 3. The normalized spacial score (nSPS) is 10.3. The topological polar surface area (TPSA) is 30.5 Å². The van der Waals surface area contributed by atoms with Gasteiger partial charge in [-0.05, 0) is 53.9 Å². The van der Waals surface area contributed by atoms with Gasteiger partial charge >= 0.3 is 0 Å². The highest BCUT2D eigenvalue weighted by molar-refractivity contribution is 5.46. The third kappa shape index (κ3) is 5.55. The van der Waals surface area contributed by atoms with E-state index in [0.29, 0.717) is 13.2 Å². The van der Waals surface area contributed by atoms with E-state index in [0.717, 1.165) is 30.2 Å². The Balaban J connectivity index is 1.38. The van der Waals surface area contributed by atoms with Crippen LogP contribution in [0.2, 0.25) is 0 Å². The molecule has 3 aromatic rings. The SMILES string of the molecule is CCc1ccc(OCCNc2ccc(OCc3ccccc3)cc2)cc1. The van der Waals surface area contributed by atoms with Crippen molar-refractivity contribution >= 4 is 5.69 Å². The van der Waals surface area contributed by atoms with Crippen LogP contribution in [0.4, 0.5) is 5.69 Å². The quantitative estimate of drug-likeness (QED) is 0.532. The molecular formula is C23H25NO2. The van der Waals surface area contributed by atoms with Crippen LogP contribution >= 0.6 is 0 Å². The van der Waals surface area contributed by atoms with Crippen molar-refractivity contribution in [2.75, 3.05) is 18.5 Å². The molecule has 0 aromatic heterocycles. The zero-order valence-electron chi connectivity index (χ0n) is 15.2. The molecule has 0 amide bonds. The number of benzene rings is 3. The Hall–Kier alpha value is -2.94. The molecule has 3 nitrogen and oxygen atoms in total. The third-order valence-electron chi connectivity index (χ3n) is 4.13. The molecule has 0 heterocycles. The van der Waals surface area contributed by atoms with Gasteiger partial charge in [-0.25, -0.2) is 0 Å². The number of aryl methyl sites for hydroxylation is 1. The minimum absolute atomic E-state index is 0.582. The predicted octanol–water partition coefficient (Wildman–Crippen LogP) is 5.32. The van der Waals surface area contributed by atoms with E-state index in [-0.39, 0.29) is 0 Å². The van der Waals surface area contributed by atoms with Gasteiger partial charge in [0, 0.05) is 12.2 Å². The summed E-state index contributed by atoms with van der Waals surface area (Å²) in [6.45, 7) is 4.10. The average molecular weight is 347 g/mol. The van der Waals surface area contributed by atoms with Crippen molar-refractivity contribution in [3.05, 3.63) is 90.0 Å². The van der Waals surface area contributed by atoms with Gasteiger partial charge in [0.1, 0.15) is 24.7 Å². The van der Waals surface area contributed by atoms with Crippen LogP contribution in [0.1, 0.15) is 18.1 Å². The van der Waals surface area contributed by atoms with Gasteiger partial charge in [0.2, 0.25) is 0 Å². The number of anilines is 1. The molecule has 3 heteroatoms. The van der Waals surface area contributed by atoms with Crippen molar-refractivity contribution in [1.29, 1.82) is 0 Å². The molecule has 0 bridgehead atoms. The lowest BCUT2D eigenvalue weighted by Crippen LogP contribution is -2.11. The smallest absolute Gasteiger partial charge is 0.119 e. The van der Waals surface area contributed by atoms with Crippen LogP contribution < -0.4 is 14.8 Å². The lowest BCUT2D eigenvalue weighted by Gasteiger charge is -2.10. The summed E-state index contributed by atoms with van der Waals surface area (Å²) in [5.74, 6) is 1.78. The van der Waals surface area contributed by atoms with Crippen LogP contribution in [0.25, 0.3) is 0 Å². The second kappa shape index (κ2) is 9.52. The van der Waals surface area contributed by atoms with E-state index in [1.165, 1.54) is 11.1 Å². The Morgan fingerprint density at radius 3 is 2.04 bits per heavy atom. The summed E-state index contributed by atoms with van der Waals surface area (Å²) < 4.78 is 11.5. The molecule has 0 aliphatic heterocycles. The van der Waals surface area contributed by atoms with Crippen LogP contribution in [-0.4, -0.2) is 13.2 Å². The highest BCUT2D eigenvalue weighted by Crippen LogP contribution is 2.17. The maximum absolute atomic E-state index is 5.80. The van der Waals surface area contributed by atoms with Gasteiger partial charge in [0.25, 0.3) is 0 Å². The Kier molecular flexibility index (Phi) is 6.54. The van der Waals surface area contributed by atoms with Gasteiger partial charge in [-0.1, -0.05) is 49.4 Å². The predicted molar refractivity (Wildman–Crippen MR) is 107 cm³/mol. The number of hydrogen-bond donors (Lipinski definition) is 1. The van der Waals surface area contributed by atoms with E-state index >= 15 is 0 Å². The molecule has 0 aliphatic carbocycles. The lowest BCUT2D eigenvalue weighted by molar-refractivity contribution is 0.306. The molecule has 0 saturated carbocycles. The second-order valence-corrected chi connectivity index (χ2v) is 6.07. The summed E-state index contributed by atoms with van der Waals surface area (Å²) in [4.78, 5) is 0. The van der Waals surface area contributed by atoms with E-state index in [1.54, 1.807) is 0 Å². The molecule has 0 unspecified atom stereocenters. The Morgan fingerprint density at radius 1 is 0.692 bits per heavy atom. The molecule has 1 N–H and O–H groups in total. The summed E-state index contributed by atoms with van der Waals surface area (Å²) in [6.07, 6.45) is 1.05. The summed E-state index contributed by atoms with van der Waals surface area (Å²) in [6, 6.07) is 26.4. The second-order valence-electron chi connectivity index (χ2n) is 6.07. The van der Waals surface area contributed by atoms with Crippen LogP contribution in [0.3, 0.4) is 0 Å². The van der Waals surface area contributed by atoms with E-state index < -0.39 is 0 Å². The Labute approximate surface area is 155 Å². The molecular weight excluding hydrogens is 322 g/mol. The van der Waals surface area contributed by atoms with Crippen LogP contribution in [0.15, 0.2) is 78.9 Å². The van der Waals surface area contributed by atoms with E-state index in [4.69, 9.17) is 9.47 Å². The van der Waals surface area contributed by atoms with E-state index in [9.17, 15) is 0 Å². The summed E-state index contributed by atoms with van der Waals surface area (Å²) >= 11 is 0. The highest BCUT2D eigenvalue weighted by atomic mass is 16.5. The van der Waals surface area contributed by atoms with Gasteiger partial charge in [-0.15, -0.1) is 0 Å². The Morgan fingerprint density at radius 2 is 1.35 bits per heavy atom. The van der Waals surface area contributed by atoms with Gasteiger partial charge in [-0.3, -0.25) is 0 Å².